The van der Waals surface area contributed by atoms with Gasteiger partial charge in [0.25, 0.3) is 0 Å². The number of amides is 1. The van der Waals surface area contributed by atoms with Crippen LogP contribution in [0.25, 0.3) is 0 Å². The molecule has 1 unspecified atom stereocenters. The number of carbonyl (C=O) groups excluding carboxylic acids is 1. The van der Waals surface area contributed by atoms with Crippen LogP contribution in [0.2, 0.25) is 5.02 Å². The van der Waals surface area contributed by atoms with Crippen LogP contribution in [0.15, 0.2) is 24.3 Å². The lowest BCUT2D eigenvalue weighted by Crippen LogP contribution is -2.49. The molecular formula is C16H24ClNO2. The van der Waals surface area contributed by atoms with Crippen LogP contribution in [-0.4, -0.2) is 23.2 Å². The van der Waals surface area contributed by atoms with Crippen molar-refractivity contribution in [3.63, 3.8) is 0 Å². The highest BCUT2D eigenvalue weighted by Crippen LogP contribution is 2.25. The van der Waals surface area contributed by atoms with Gasteiger partial charge < -0.3 is 10.4 Å². The molecule has 0 radical (unpaired) electrons. The van der Waals surface area contributed by atoms with Crippen LogP contribution in [0.4, 0.5) is 0 Å². The summed E-state index contributed by atoms with van der Waals surface area (Å²) in [5.74, 6) is -0.0396. The van der Waals surface area contributed by atoms with Gasteiger partial charge in [-0.3, -0.25) is 4.79 Å². The van der Waals surface area contributed by atoms with E-state index in [1.165, 1.54) is 0 Å². The van der Waals surface area contributed by atoms with Gasteiger partial charge in [-0.05, 0) is 44.4 Å². The van der Waals surface area contributed by atoms with E-state index in [9.17, 15) is 9.90 Å². The van der Waals surface area contributed by atoms with E-state index in [1.54, 1.807) is 19.1 Å². The monoisotopic (exact) mass is 297 g/mol. The summed E-state index contributed by atoms with van der Waals surface area (Å²) in [7, 11) is 0. The molecule has 0 spiro atoms. The summed E-state index contributed by atoms with van der Waals surface area (Å²) in [5.41, 5.74) is -0.688. The van der Waals surface area contributed by atoms with Crippen molar-refractivity contribution in [3.8, 4) is 0 Å². The van der Waals surface area contributed by atoms with Crippen molar-refractivity contribution < 1.29 is 9.90 Å². The smallest absolute Gasteiger partial charge is 0.230 e. The third-order valence-corrected chi connectivity index (χ3v) is 4.24. The second-order valence-corrected chi connectivity index (χ2v) is 6.76. The number of nitrogens with one attached hydrogen (secondary N) is 1. The second-order valence-electron chi connectivity index (χ2n) is 6.33. The zero-order chi connectivity index (χ0) is 15.6. The Hall–Kier alpha value is -1.06. The summed E-state index contributed by atoms with van der Waals surface area (Å²) >= 11 is 5.86. The standard InChI is InChI=1S/C16H24ClNO2/c1-11(2)16(5,20)10-18-14(19)15(3,4)12-6-8-13(17)9-7-12/h6-9,11,20H,10H2,1-5H3,(H,18,19). The number of hydrogen-bond acceptors (Lipinski definition) is 2. The molecule has 4 heteroatoms. The summed E-state index contributed by atoms with van der Waals surface area (Å²) < 4.78 is 0. The number of carbonyl (C=O) groups is 1. The third-order valence-electron chi connectivity index (χ3n) is 3.98. The van der Waals surface area contributed by atoms with Crippen LogP contribution in [0.1, 0.15) is 40.2 Å². The fourth-order valence-corrected chi connectivity index (χ4v) is 1.81. The molecule has 1 aromatic rings. The predicted molar refractivity (Wildman–Crippen MR) is 82.9 cm³/mol. The molecule has 0 aromatic heterocycles. The molecular weight excluding hydrogens is 274 g/mol. The normalized spacial score (nSPS) is 15.0. The average Bonchev–Trinajstić information content (AvgIpc) is 2.36. The minimum atomic E-state index is -0.911. The molecule has 1 aromatic carbocycles. The van der Waals surface area contributed by atoms with E-state index in [4.69, 9.17) is 11.6 Å². The number of rotatable bonds is 5. The Morgan fingerprint density at radius 1 is 1.25 bits per heavy atom. The van der Waals surface area contributed by atoms with E-state index in [1.807, 2.05) is 39.8 Å². The van der Waals surface area contributed by atoms with E-state index in [0.29, 0.717) is 5.02 Å². The molecule has 1 rings (SSSR count). The van der Waals surface area contributed by atoms with E-state index < -0.39 is 11.0 Å². The van der Waals surface area contributed by atoms with Gasteiger partial charge >= 0.3 is 0 Å². The van der Waals surface area contributed by atoms with Crippen molar-refractivity contribution in [1.29, 1.82) is 0 Å². The summed E-state index contributed by atoms with van der Waals surface area (Å²) in [6, 6.07) is 7.25. The molecule has 20 heavy (non-hydrogen) atoms. The third kappa shape index (κ3) is 3.97. The molecule has 3 nitrogen and oxygen atoms in total. The van der Waals surface area contributed by atoms with Crippen LogP contribution >= 0.6 is 11.6 Å². The molecule has 0 saturated heterocycles. The lowest BCUT2D eigenvalue weighted by molar-refractivity contribution is -0.127. The zero-order valence-corrected chi connectivity index (χ0v) is 13.6. The van der Waals surface area contributed by atoms with Crippen molar-refractivity contribution >= 4 is 17.5 Å². The molecule has 2 N–H and O–H groups in total. The molecule has 112 valence electrons. The molecule has 0 saturated carbocycles. The second kappa shape index (κ2) is 6.15. The lowest BCUT2D eigenvalue weighted by atomic mass is 9.83. The minimum Gasteiger partial charge on any atom is -0.388 e. The van der Waals surface area contributed by atoms with Gasteiger partial charge in [0.1, 0.15) is 0 Å². The fraction of sp³-hybridized carbons (Fsp3) is 0.562. The van der Waals surface area contributed by atoms with Crippen LogP contribution in [0.3, 0.4) is 0 Å². The van der Waals surface area contributed by atoms with Crippen molar-refractivity contribution in [2.24, 2.45) is 5.92 Å². The Morgan fingerprint density at radius 2 is 1.75 bits per heavy atom. The van der Waals surface area contributed by atoms with E-state index in [-0.39, 0.29) is 18.4 Å². The largest absolute Gasteiger partial charge is 0.388 e. The number of aliphatic hydroxyl groups is 1. The molecule has 0 aliphatic rings. The van der Waals surface area contributed by atoms with Gasteiger partial charge in [0.2, 0.25) is 5.91 Å². The van der Waals surface area contributed by atoms with Gasteiger partial charge in [-0.25, -0.2) is 0 Å². The van der Waals surface area contributed by atoms with Gasteiger partial charge in [-0.15, -0.1) is 0 Å². The first-order chi connectivity index (χ1) is 9.07. The molecule has 1 amide bonds. The topological polar surface area (TPSA) is 49.3 Å². The quantitative estimate of drug-likeness (QED) is 0.877. The predicted octanol–water partition coefficient (Wildman–Crippen LogP) is 3.14. The van der Waals surface area contributed by atoms with Crippen LogP contribution in [-0.2, 0) is 10.2 Å². The van der Waals surface area contributed by atoms with Gasteiger partial charge in [-0.2, -0.15) is 0 Å². The summed E-state index contributed by atoms with van der Waals surface area (Å²) in [6.45, 7) is 9.53. The SMILES string of the molecule is CC(C)C(C)(O)CNC(=O)C(C)(C)c1ccc(Cl)cc1. The van der Waals surface area contributed by atoms with Gasteiger partial charge in [0.05, 0.1) is 11.0 Å². The molecule has 0 fully saturated rings. The minimum absolute atomic E-state index is 0.0708. The first-order valence-corrected chi connectivity index (χ1v) is 7.22. The highest BCUT2D eigenvalue weighted by Gasteiger charge is 2.32. The Labute approximate surface area is 126 Å². The number of halogens is 1. The van der Waals surface area contributed by atoms with E-state index in [0.717, 1.165) is 5.56 Å². The van der Waals surface area contributed by atoms with Crippen molar-refractivity contribution in [2.45, 2.75) is 45.6 Å². The Bertz CT molecular complexity index is 464. The fourth-order valence-electron chi connectivity index (χ4n) is 1.68. The maximum Gasteiger partial charge on any atom is 0.230 e. The molecule has 0 aliphatic heterocycles. The van der Waals surface area contributed by atoms with Crippen LogP contribution in [0.5, 0.6) is 0 Å². The first kappa shape index (κ1) is 17.0. The lowest BCUT2D eigenvalue weighted by Gasteiger charge is -2.31. The van der Waals surface area contributed by atoms with Crippen molar-refractivity contribution in [2.75, 3.05) is 6.54 Å². The van der Waals surface area contributed by atoms with E-state index in [2.05, 4.69) is 5.32 Å². The maximum atomic E-state index is 12.4. The Morgan fingerprint density at radius 3 is 2.20 bits per heavy atom. The van der Waals surface area contributed by atoms with Crippen LogP contribution < -0.4 is 5.32 Å². The molecule has 0 heterocycles. The first-order valence-electron chi connectivity index (χ1n) is 6.84. The highest BCUT2D eigenvalue weighted by molar-refractivity contribution is 6.30. The average molecular weight is 298 g/mol. The molecule has 1 atom stereocenters. The van der Waals surface area contributed by atoms with Crippen molar-refractivity contribution in [3.05, 3.63) is 34.9 Å². The Kier molecular flexibility index (Phi) is 5.22. The van der Waals surface area contributed by atoms with Gasteiger partial charge in [0.15, 0.2) is 0 Å². The summed E-state index contributed by atoms with van der Waals surface area (Å²) in [4.78, 5) is 12.4. The van der Waals surface area contributed by atoms with Gasteiger partial charge in [-0.1, -0.05) is 37.6 Å². The number of benzene rings is 1. The van der Waals surface area contributed by atoms with Crippen LogP contribution in [0, 0.1) is 5.92 Å². The molecule has 0 aliphatic carbocycles. The summed E-state index contributed by atoms with van der Waals surface area (Å²) in [5, 5.41) is 13.7. The summed E-state index contributed by atoms with van der Waals surface area (Å²) in [6.07, 6.45) is 0. The van der Waals surface area contributed by atoms with Gasteiger partial charge in [0, 0.05) is 11.6 Å². The Balaban J connectivity index is 2.78. The highest BCUT2D eigenvalue weighted by atomic mass is 35.5. The zero-order valence-electron chi connectivity index (χ0n) is 12.8. The van der Waals surface area contributed by atoms with E-state index >= 15 is 0 Å². The maximum absolute atomic E-state index is 12.4. The number of hydrogen-bond donors (Lipinski definition) is 2. The molecule has 0 bridgehead atoms. The van der Waals surface area contributed by atoms with Crippen molar-refractivity contribution in [1.82, 2.24) is 5.32 Å².